The average molecular weight is 521 g/mol. The number of nitrogens with zero attached hydrogens (tertiary/aromatic N) is 1. The Labute approximate surface area is 224 Å². The third kappa shape index (κ3) is 5.13. The largest absolute Gasteiger partial charge is 0.488 e. The van der Waals surface area contributed by atoms with Crippen molar-refractivity contribution in [3.8, 4) is 5.75 Å². The van der Waals surface area contributed by atoms with Gasteiger partial charge >= 0.3 is 12.0 Å². The standard InChI is InChI=1S/C31H24N2O6/c1-19-7-9-20(10-8-19)18-39-27-16-13-21-5-3-4-6-24(21)25(27)17-26-28(34)32-31(37)33(29(26)35)23-14-11-22(12-15-23)30(36)38-2/h3-17H,18H2,1-2H3,(H,32,34,37)/b26-17+. The number of fused-ring (bicyclic) bond motifs is 1. The Morgan fingerprint density at radius 2 is 1.62 bits per heavy atom. The molecule has 8 nitrogen and oxygen atoms in total. The van der Waals surface area contributed by atoms with Crippen LogP contribution in [-0.4, -0.2) is 30.9 Å². The summed E-state index contributed by atoms with van der Waals surface area (Å²) >= 11 is 0. The lowest BCUT2D eigenvalue weighted by atomic mass is 9.99. The van der Waals surface area contributed by atoms with Crippen LogP contribution in [0.2, 0.25) is 0 Å². The monoisotopic (exact) mass is 520 g/mol. The molecule has 0 aromatic heterocycles. The molecule has 0 atom stereocenters. The highest BCUT2D eigenvalue weighted by Crippen LogP contribution is 2.32. The number of urea groups is 1. The SMILES string of the molecule is COC(=O)c1ccc(N2C(=O)NC(=O)/C(=C\c3c(OCc4ccc(C)cc4)ccc4ccccc34)C2=O)cc1. The highest BCUT2D eigenvalue weighted by molar-refractivity contribution is 6.39. The maximum Gasteiger partial charge on any atom is 0.337 e. The molecule has 4 aromatic carbocycles. The first-order valence-electron chi connectivity index (χ1n) is 12.2. The van der Waals surface area contributed by atoms with Gasteiger partial charge in [0, 0.05) is 5.56 Å². The zero-order valence-electron chi connectivity index (χ0n) is 21.3. The zero-order chi connectivity index (χ0) is 27.5. The van der Waals surface area contributed by atoms with E-state index in [-0.39, 0.29) is 23.4 Å². The molecule has 1 aliphatic rings. The maximum atomic E-state index is 13.5. The number of hydrogen-bond donors (Lipinski definition) is 1. The van der Waals surface area contributed by atoms with Crippen LogP contribution in [0, 0.1) is 6.92 Å². The van der Waals surface area contributed by atoms with Gasteiger partial charge in [-0.25, -0.2) is 14.5 Å². The summed E-state index contributed by atoms with van der Waals surface area (Å²) in [6.45, 7) is 2.29. The molecule has 0 radical (unpaired) electrons. The predicted molar refractivity (Wildman–Crippen MR) is 146 cm³/mol. The van der Waals surface area contributed by atoms with Gasteiger partial charge in [-0.3, -0.25) is 14.9 Å². The predicted octanol–water partition coefficient (Wildman–Crippen LogP) is 5.18. The molecule has 0 saturated carbocycles. The van der Waals surface area contributed by atoms with Gasteiger partial charge in [-0.2, -0.15) is 0 Å². The van der Waals surface area contributed by atoms with E-state index in [0.717, 1.165) is 26.8 Å². The van der Waals surface area contributed by atoms with E-state index in [1.54, 1.807) is 6.07 Å². The second-order valence-corrected chi connectivity index (χ2v) is 8.97. The summed E-state index contributed by atoms with van der Waals surface area (Å²) in [6, 6.07) is 24.0. The lowest BCUT2D eigenvalue weighted by Crippen LogP contribution is -2.54. The van der Waals surface area contributed by atoms with Crippen molar-refractivity contribution in [2.24, 2.45) is 0 Å². The van der Waals surface area contributed by atoms with Gasteiger partial charge in [0.25, 0.3) is 11.8 Å². The lowest BCUT2D eigenvalue weighted by molar-refractivity contribution is -0.122. The van der Waals surface area contributed by atoms with E-state index in [0.29, 0.717) is 11.3 Å². The van der Waals surface area contributed by atoms with Crippen molar-refractivity contribution >= 4 is 46.4 Å². The molecule has 1 N–H and O–H groups in total. The van der Waals surface area contributed by atoms with Gasteiger partial charge in [0.2, 0.25) is 0 Å². The normalized spacial score (nSPS) is 14.5. The first kappa shape index (κ1) is 25.4. The van der Waals surface area contributed by atoms with E-state index < -0.39 is 23.8 Å². The molecular formula is C31H24N2O6. The van der Waals surface area contributed by atoms with E-state index in [4.69, 9.17) is 9.47 Å². The fourth-order valence-corrected chi connectivity index (χ4v) is 4.30. The Morgan fingerprint density at radius 3 is 2.33 bits per heavy atom. The van der Waals surface area contributed by atoms with Gasteiger partial charge in [0.1, 0.15) is 17.9 Å². The Morgan fingerprint density at radius 1 is 0.897 bits per heavy atom. The lowest BCUT2D eigenvalue weighted by Gasteiger charge is -2.26. The van der Waals surface area contributed by atoms with Crippen LogP contribution in [0.5, 0.6) is 5.75 Å². The molecule has 4 amide bonds. The van der Waals surface area contributed by atoms with Gasteiger partial charge in [0.15, 0.2) is 0 Å². The third-order valence-corrected chi connectivity index (χ3v) is 6.38. The smallest absolute Gasteiger partial charge is 0.337 e. The van der Waals surface area contributed by atoms with Crippen LogP contribution in [0.25, 0.3) is 16.8 Å². The first-order valence-corrected chi connectivity index (χ1v) is 12.2. The molecular weight excluding hydrogens is 496 g/mol. The first-order chi connectivity index (χ1) is 18.9. The fourth-order valence-electron chi connectivity index (χ4n) is 4.30. The van der Waals surface area contributed by atoms with Crippen molar-refractivity contribution in [1.82, 2.24) is 5.32 Å². The number of imide groups is 2. The van der Waals surface area contributed by atoms with Crippen molar-refractivity contribution in [3.05, 3.63) is 113 Å². The van der Waals surface area contributed by atoms with Crippen LogP contribution in [0.4, 0.5) is 10.5 Å². The van der Waals surface area contributed by atoms with Gasteiger partial charge in [-0.05, 0) is 59.7 Å². The minimum atomic E-state index is -0.887. The second kappa shape index (κ2) is 10.6. The van der Waals surface area contributed by atoms with Crippen molar-refractivity contribution < 1.29 is 28.7 Å². The number of anilines is 1. The number of barbiturate groups is 1. The van der Waals surface area contributed by atoms with E-state index in [1.807, 2.05) is 61.5 Å². The van der Waals surface area contributed by atoms with E-state index >= 15 is 0 Å². The number of methoxy groups -OCH3 is 1. The Hall–Kier alpha value is -5.24. The molecule has 0 spiro atoms. The number of ether oxygens (including phenoxy) is 2. The molecule has 8 heteroatoms. The number of rotatable bonds is 6. The number of carbonyl (C=O) groups is 4. The summed E-state index contributed by atoms with van der Waals surface area (Å²) in [7, 11) is 1.26. The van der Waals surface area contributed by atoms with E-state index in [9.17, 15) is 19.2 Å². The zero-order valence-corrected chi connectivity index (χ0v) is 21.3. The van der Waals surface area contributed by atoms with Crippen LogP contribution >= 0.6 is 0 Å². The number of amides is 4. The van der Waals surface area contributed by atoms with Gasteiger partial charge in [-0.1, -0.05) is 60.2 Å². The minimum absolute atomic E-state index is 0.192. The van der Waals surface area contributed by atoms with Crippen molar-refractivity contribution in [2.75, 3.05) is 12.0 Å². The van der Waals surface area contributed by atoms with Gasteiger partial charge in [-0.15, -0.1) is 0 Å². The molecule has 5 rings (SSSR count). The van der Waals surface area contributed by atoms with Crippen LogP contribution in [0.15, 0.2) is 90.5 Å². The molecule has 0 unspecified atom stereocenters. The minimum Gasteiger partial charge on any atom is -0.488 e. The van der Waals surface area contributed by atoms with E-state index in [2.05, 4.69) is 5.32 Å². The van der Waals surface area contributed by atoms with Crippen molar-refractivity contribution in [1.29, 1.82) is 0 Å². The van der Waals surface area contributed by atoms with Crippen LogP contribution in [0.1, 0.15) is 27.0 Å². The molecule has 1 saturated heterocycles. The summed E-state index contributed by atoms with van der Waals surface area (Å²) < 4.78 is 10.8. The molecule has 39 heavy (non-hydrogen) atoms. The molecule has 1 aliphatic heterocycles. The van der Waals surface area contributed by atoms with Crippen molar-refractivity contribution in [2.45, 2.75) is 13.5 Å². The number of benzene rings is 4. The number of carbonyl (C=O) groups excluding carboxylic acids is 4. The summed E-state index contributed by atoms with van der Waals surface area (Å²) in [5, 5.41) is 3.90. The number of nitrogens with one attached hydrogen (secondary N) is 1. The Balaban J connectivity index is 1.54. The van der Waals surface area contributed by atoms with E-state index in [1.165, 1.54) is 37.5 Å². The number of hydrogen-bond acceptors (Lipinski definition) is 6. The number of esters is 1. The average Bonchev–Trinajstić information content (AvgIpc) is 2.95. The Bertz CT molecular complexity index is 1640. The van der Waals surface area contributed by atoms with Gasteiger partial charge < -0.3 is 9.47 Å². The summed E-state index contributed by atoms with van der Waals surface area (Å²) in [4.78, 5) is 51.7. The molecule has 1 heterocycles. The summed E-state index contributed by atoms with van der Waals surface area (Å²) in [6.07, 6.45) is 1.45. The Kier molecular flexibility index (Phi) is 6.93. The highest BCUT2D eigenvalue weighted by Gasteiger charge is 2.37. The maximum absolute atomic E-state index is 13.5. The summed E-state index contributed by atoms with van der Waals surface area (Å²) in [5.41, 5.74) is 2.85. The molecule has 0 aliphatic carbocycles. The topological polar surface area (TPSA) is 102 Å². The third-order valence-electron chi connectivity index (χ3n) is 6.38. The number of aryl methyl sites for hydroxylation is 1. The molecule has 1 fully saturated rings. The summed E-state index contributed by atoms with van der Waals surface area (Å²) in [5.74, 6) is -1.69. The highest BCUT2D eigenvalue weighted by atomic mass is 16.5. The molecule has 4 aromatic rings. The fraction of sp³-hybridized carbons (Fsp3) is 0.0968. The van der Waals surface area contributed by atoms with Gasteiger partial charge in [0.05, 0.1) is 18.4 Å². The molecule has 0 bridgehead atoms. The second-order valence-electron chi connectivity index (χ2n) is 8.97. The molecule has 194 valence electrons. The van der Waals surface area contributed by atoms with Crippen LogP contribution < -0.4 is 15.0 Å². The van der Waals surface area contributed by atoms with Crippen LogP contribution in [-0.2, 0) is 20.9 Å². The quantitative estimate of drug-likeness (QED) is 0.214. The van der Waals surface area contributed by atoms with Crippen molar-refractivity contribution in [3.63, 3.8) is 0 Å². The van der Waals surface area contributed by atoms with Crippen LogP contribution in [0.3, 0.4) is 0 Å².